The number of rotatable bonds is 5. The second-order valence-electron chi connectivity index (χ2n) is 13.2. The fraction of sp³-hybridized carbons (Fsp3) is 0. The molecule has 0 bridgehead atoms. The van der Waals surface area contributed by atoms with Gasteiger partial charge < -0.3 is 0 Å². The van der Waals surface area contributed by atoms with Gasteiger partial charge >= 0.3 is 0 Å². The predicted octanol–water partition coefficient (Wildman–Crippen LogP) is 12.8. The fourth-order valence-electron chi connectivity index (χ4n) is 7.55. The van der Waals surface area contributed by atoms with Gasteiger partial charge in [0.25, 0.3) is 0 Å². The summed E-state index contributed by atoms with van der Waals surface area (Å²) in [4.78, 5) is 15.0. The van der Waals surface area contributed by atoms with E-state index < -0.39 is 0 Å². The fourth-order valence-corrected chi connectivity index (χ4v) is 7.55. The Bertz CT molecular complexity index is 2930. The van der Waals surface area contributed by atoms with E-state index in [4.69, 9.17) is 15.0 Å². The smallest absolute Gasteiger partial charge is 0.164 e. The average Bonchev–Trinajstić information content (AvgIpc) is 3.23. The number of fused-ring (bicyclic) bond motifs is 6. The molecule has 0 saturated carbocycles. The van der Waals surface area contributed by atoms with E-state index in [-0.39, 0.29) is 0 Å². The first-order valence-corrected chi connectivity index (χ1v) is 17.6. The van der Waals surface area contributed by atoms with Gasteiger partial charge in [0, 0.05) is 16.7 Å². The largest absolute Gasteiger partial charge is 0.208 e. The van der Waals surface area contributed by atoms with Gasteiger partial charge in [0.05, 0.1) is 0 Å². The van der Waals surface area contributed by atoms with Crippen LogP contribution in [0.5, 0.6) is 0 Å². The van der Waals surface area contributed by atoms with Crippen molar-refractivity contribution in [3.8, 4) is 56.4 Å². The Morgan fingerprint density at radius 1 is 0.231 bits per heavy atom. The molecule has 0 spiro atoms. The van der Waals surface area contributed by atoms with Crippen molar-refractivity contribution in [3.63, 3.8) is 0 Å². The van der Waals surface area contributed by atoms with Crippen molar-refractivity contribution in [2.75, 3.05) is 0 Å². The van der Waals surface area contributed by atoms with Crippen LogP contribution in [0, 0.1) is 0 Å². The Labute approximate surface area is 301 Å². The van der Waals surface area contributed by atoms with Gasteiger partial charge in [-0.1, -0.05) is 182 Å². The highest BCUT2D eigenvalue weighted by Gasteiger charge is 2.16. The van der Waals surface area contributed by atoms with Gasteiger partial charge in [-0.3, -0.25) is 0 Å². The molecule has 0 radical (unpaired) electrons. The quantitative estimate of drug-likeness (QED) is 0.172. The van der Waals surface area contributed by atoms with Crippen molar-refractivity contribution in [1.82, 2.24) is 15.0 Å². The van der Waals surface area contributed by atoms with Crippen molar-refractivity contribution in [1.29, 1.82) is 0 Å². The maximum Gasteiger partial charge on any atom is 0.164 e. The Kier molecular flexibility index (Phi) is 7.14. The molecule has 242 valence electrons. The van der Waals surface area contributed by atoms with Crippen molar-refractivity contribution >= 4 is 43.1 Å². The van der Waals surface area contributed by atoms with Crippen LogP contribution in [0.2, 0.25) is 0 Å². The summed E-state index contributed by atoms with van der Waals surface area (Å²) in [5.74, 6) is 1.95. The summed E-state index contributed by atoms with van der Waals surface area (Å²) >= 11 is 0. The van der Waals surface area contributed by atoms with Gasteiger partial charge in [0.2, 0.25) is 0 Å². The minimum atomic E-state index is 0.644. The molecule has 10 rings (SSSR count). The molecular formula is C49H31N3. The van der Waals surface area contributed by atoms with Crippen LogP contribution in [0.25, 0.3) is 99.5 Å². The van der Waals surface area contributed by atoms with E-state index in [1.165, 1.54) is 54.4 Å². The molecule has 0 N–H and O–H groups in total. The molecule has 3 heteroatoms. The van der Waals surface area contributed by atoms with Crippen molar-refractivity contribution in [2.24, 2.45) is 0 Å². The van der Waals surface area contributed by atoms with Gasteiger partial charge in [0.1, 0.15) is 0 Å². The van der Waals surface area contributed by atoms with Gasteiger partial charge in [0.15, 0.2) is 17.5 Å². The van der Waals surface area contributed by atoms with E-state index in [0.29, 0.717) is 17.5 Å². The molecule has 0 unspecified atom stereocenters. The summed E-state index contributed by atoms with van der Waals surface area (Å²) in [5.41, 5.74) is 7.65. The molecular weight excluding hydrogens is 631 g/mol. The maximum atomic E-state index is 5.05. The number of benzene rings is 9. The van der Waals surface area contributed by atoms with E-state index in [1.54, 1.807) is 0 Å². The van der Waals surface area contributed by atoms with E-state index in [2.05, 4.69) is 158 Å². The first-order chi connectivity index (χ1) is 25.8. The standard InChI is InChI=1S/C49H31N3/c1-3-12-33(13-4-1)42-19-9-17-35-24-26-37-27-25-36-18-10-20-43(45(36)46(37)44(35)42)34-22-28-39(29-23-34)48-50-47(38-14-5-2-6-15-38)51-49(52-48)41-30-21-32-11-7-8-16-40(32)31-41/h1-31H. The zero-order chi connectivity index (χ0) is 34.4. The highest BCUT2D eigenvalue weighted by Crippen LogP contribution is 2.42. The first kappa shape index (κ1) is 29.9. The zero-order valence-electron chi connectivity index (χ0n) is 28.2. The van der Waals surface area contributed by atoms with E-state index >= 15 is 0 Å². The molecule has 0 aliphatic rings. The Balaban J connectivity index is 1.14. The van der Waals surface area contributed by atoms with Gasteiger partial charge in [-0.2, -0.15) is 0 Å². The molecule has 0 amide bonds. The van der Waals surface area contributed by atoms with Crippen LogP contribution in [0.15, 0.2) is 188 Å². The highest BCUT2D eigenvalue weighted by atomic mass is 15.0. The second kappa shape index (κ2) is 12.4. The van der Waals surface area contributed by atoms with Crippen LogP contribution in [0.1, 0.15) is 0 Å². The van der Waals surface area contributed by atoms with E-state index in [9.17, 15) is 0 Å². The maximum absolute atomic E-state index is 5.05. The third-order valence-electron chi connectivity index (χ3n) is 10.1. The third-order valence-corrected chi connectivity index (χ3v) is 10.1. The van der Waals surface area contributed by atoms with Crippen molar-refractivity contribution < 1.29 is 0 Å². The van der Waals surface area contributed by atoms with E-state index in [0.717, 1.165) is 27.6 Å². The van der Waals surface area contributed by atoms with Crippen LogP contribution < -0.4 is 0 Å². The molecule has 0 atom stereocenters. The number of nitrogens with zero attached hydrogens (tertiary/aromatic N) is 3. The van der Waals surface area contributed by atoms with Gasteiger partial charge in [-0.25, -0.2) is 15.0 Å². The molecule has 3 nitrogen and oxygen atoms in total. The second-order valence-corrected chi connectivity index (χ2v) is 13.2. The topological polar surface area (TPSA) is 38.7 Å². The lowest BCUT2D eigenvalue weighted by Gasteiger charge is -2.16. The van der Waals surface area contributed by atoms with Crippen LogP contribution in [0.3, 0.4) is 0 Å². The third kappa shape index (κ3) is 5.19. The van der Waals surface area contributed by atoms with Crippen molar-refractivity contribution in [2.45, 2.75) is 0 Å². The predicted molar refractivity (Wildman–Crippen MR) is 217 cm³/mol. The molecule has 10 aromatic rings. The van der Waals surface area contributed by atoms with Crippen molar-refractivity contribution in [3.05, 3.63) is 188 Å². The molecule has 1 heterocycles. The first-order valence-electron chi connectivity index (χ1n) is 17.6. The lowest BCUT2D eigenvalue weighted by Crippen LogP contribution is -2.00. The molecule has 1 aromatic heterocycles. The molecule has 9 aromatic carbocycles. The average molecular weight is 662 g/mol. The van der Waals surface area contributed by atoms with Gasteiger partial charge in [-0.15, -0.1) is 0 Å². The minimum absolute atomic E-state index is 0.644. The highest BCUT2D eigenvalue weighted by molar-refractivity contribution is 6.27. The summed E-state index contributed by atoms with van der Waals surface area (Å²) < 4.78 is 0. The molecule has 0 saturated heterocycles. The lowest BCUT2D eigenvalue weighted by molar-refractivity contribution is 1.07. The minimum Gasteiger partial charge on any atom is -0.208 e. The summed E-state index contributed by atoms with van der Waals surface area (Å²) in [5, 5.41) is 9.83. The Morgan fingerprint density at radius 3 is 1.21 bits per heavy atom. The van der Waals surface area contributed by atoms with E-state index in [1.807, 2.05) is 30.3 Å². The number of aromatic nitrogens is 3. The Hall–Kier alpha value is -6.97. The lowest BCUT2D eigenvalue weighted by atomic mass is 9.88. The van der Waals surface area contributed by atoms with Crippen LogP contribution in [0.4, 0.5) is 0 Å². The summed E-state index contributed by atoms with van der Waals surface area (Å²) in [6, 6.07) is 66.6. The Morgan fingerprint density at radius 2 is 0.615 bits per heavy atom. The van der Waals surface area contributed by atoms with Gasteiger partial charge in [-0.05, 0) is 71.4 Å². The monoisotopic (exact) mass is 661 g/mol. The normalized spacial score (nSPS) is 11.5. The van der Waals surface area contributed by atoms with Crippen LogP contribution in [-0.4, -0.2) is 15.0 Å². The SMILES string of the molecule is c1ccc(-c2nc(-c3ccc(-c4cccc5ccc6ccc7cccc(-c8ccccc8)c7c6c45)cc3)nc(-c3ccc4ccccc4c3)n2)cc1. The number of hydrogen-bond acceptors (Lipinski definition) is 3. The summed E-state index contributed by atoms with van der Waals surface area (Å²) in [7, 11) is 0. The van der Waals surface area contributed by atoms with Crippen LogP contribution >= 0.6 is 0 Å². The molecule has 0 aliphatic carbocycles. The molecule has 0 fully saturated rings. The molecule has 52 heavy (non-hydrogen) atoms. The zero-order valence-corrected chi connectivity index (χ0v) is 28.2. The number of hydrogen-bond donors (Lipinski definition) is 0. The van der Waals surface area contributed by atoms with Crippen LogP contribution in [-0.2, 0) is 0 Å². The summed E-state index contributed by atoms with van der Waals surface area (Å²) in [6.07, 6.45) is 0. The summed E-state index contributed by atoms with van der Waals surface area (Å²) in [6.45, 7) is 0. The molecule has 0 aliphatic heterocycles.